The SMILES string of the molecule is CCCCCOc1ccc(C(=O)NCc2cc(C)nc(N3CCCCC3)n2)cc1. The highest BCUT2D eigenvalue weighted by Gasteiger charge is 2.15. The number of ether oxygens (including phenoxy) is 1. The van der Waals surface area contributed by atoms with Crippen molar-refractivity contribution in [2.75, 3.05) is 24.6 Å². The van der Waals surface area contributed by atoms with Crippen LogP contribution in [-0.2, 0) is 6.54 Å². The monoisotopic (exact) mass is 396 g/mol. The van der Waals surface area contributed by atoms with Crippen molar-refractivity contribution < 1.29 is 9.53 Å². The number of carbonyl (C=O) groups is 1. The molecule has 0 aliphatic carbocycles. The Morgan fingerprint density at radius 2 is 1.86 bits per heavy atom. The Morgan fingerprint density at radius 1 is 1.10 bits per heavy atom. The summed E-state index contributed by atoms with van der Waals surface area (Å²) in [5.74, 6) is 1.46. The van der Waals surface area contributed by atoms with E-state index in [1.807, 2.05) is 25.1 Å². The van der Waals surface area contributed by atoms with Crippen LogP contribution in [0.3, 0.4) is 0 Å². The molecule has 1 aliphatic rings. The first-order valence-corrected chi connectivity index (χ1v) is 10.8. The molecule has 0 saturated carbocycles. The number of amides is 1. The van der Waals surface area contributed by atoms with Crippen LogP contribution in [0, 0.1) is 6.92 Å². The first-order chi connectivity index (χ1) is 14.2. The molecule has 0 radical (unpaired) electrons. The predicted molar refractivity (Wildman–Crippen MR) is 115 cm³/mol. The first-order valence-electron chi connectivity index (χ1n) is 10.8. The zero-order valence-corrected chi connectivity index (χ0v) is 17.6. The smallest absolute Gasteiger partial charge is 0.251 e. The van der Waals surface area contributed by atoms with Gasteiger partial charge in [-0.15, -0.1) is 0 Å². The van der Waals surface area contributed by atoms with Gasteiger partial charge in [0.15, 0.2) is 0 Å². The summed E-state index contributed by atoms with van der Waals surface area (Å²) in [6.07, 6.45) is 7.03. The minimum absolute atomic E-state index is 0.113. The number of benzene rings is 1. The van der Waals surface area contributed by atoms with Gasteiger partial charge in [-0.3, -0.25) is 4.79 Å². The van der Waals surface area contributed by atoms with E-state index < -0.39 is 0 Å². The number of piperidine rings is 1. The number of anilines is 1. The third kappa shape index (κ3) is 6.44. The van der Waals surface area contributed by atoms with Crippen molar-refractivity contribution in [3.05, 3.63) is 47.3 Å². The summed E-state index contributed by atoms with van der Waals surface area (Å²) in [6.45, 7) is 7.25. The van der Waals surface area contributed by atoms with Crippen molar-refractivity contribution >= 4 is 11.9 Å². The lowest BCUT2D eigenvalue weighted by Gasteiger charge is -2.27. The topological polar surface area (TPSA) is 67.3 Å². The summed E-state index contributed by atoms with van der Waals surface area (Å²) in [5.41, 5.74) is 2.38. The second-order valence-corrected chi connectivity index (χ2v) is 7.61. The number of aromatic nitrogens is 2. The molecular weight excluding hydrogens is 364 g/mol. The minimum atomic E-state index is -0.113. The van der Waals surface area contributed by atoms with Gasteiger partial charge in [0.2, 0.25) is 5.95 Å². The third-order valence-corrected chi connectivity index (χ3v) is 5.10. The van der Waals surface area contributed by atoms with Gasteiger partial charge in [-0.05, 0) is 62.9 Å². The molecule has 1 saturated heterocycles. The summed E-state index contributed by atoms with van der Waals surface area (Å²) in [6, 6.07) is 9.24. The Labute approximate surface area is 173 Å². The third-order valence-electron chi connectivity index (χ3n) is 5.10. The van der Waals surface area contributed by atoms with Gasteiger partial charge in [-0.2, -0.15) is 0 Å². The van der Waals surface area contributed by atoms with E-state index in [1.165, 1.54) is 32.1 Å². The van der Waals surface area contributed by atoms with Crippen LogP contribution >= 0.6 is 0 Å². The number of unbranched alkanes of at least 4 members (excludes halogenated alkanes) is 2. The van der Waals surface area contributed by atoms with E-state index in [1.54, 1.807) is 12.1 Å². The molecule has 2 heterocycles. The maximum atomic E-state index is 12.5. The fraction of sp³-hybridized carbons (Fsp3) is 0.522. The molecule has 6 heteroatoms. The summed E-state index contributed by atoms with van der Waals surface area (Å²) >= 11 is 0. The molecule has 0 spiro atoms. The number of carbonyl (C=O) groups excluding carboxylic acids is 1. The van der Waals surface area contributed by atoms with Crippen molar-refractivity contribution in [1.82, 2.24) is 15.3 Å². The number of rotatable bonds is 9. The average molecular weight is 397 g/mol. The van der Waals surface area contributed by atoms with Crippen LogP contribution in [0.25, 0.3) is 0 Å². The Bertz CT molecular complexity index is 786. The fourth-order valence-corrected chi connectivity index (χ4v) is 3.46. The Hall–Kier alpha value is -2.63. The molecule has 1 aliphatic heterocycles. The first kappa shape index (κ1) is 21.1. The van der Waals surface area contributed by atoms with E-state index in [-0.39, 0.29) is 5.91 Å². The highest BCUT2D eigenvalue weighted by molar-refractivity contribution is 5.94. The van der Waals surface area contributed by atoms with E-state index in [0.717, 1.165) is 42.6 Å². The molecule has 1 fully saturated rings. The number of hydrogen-bond acceptors (Lipinski definition) is 5. The quantitative estimate of drug-likeness (QED) is 0.641. The van der Waals surface area contributed by atoms with Gasteiger partial charge < -0.3 is 15.0 Å². The largest absolute Gasteiger partial charge is 0.494 e. The van der Waals surface area contributed by atoms with Gasteiger partial charge >= 0.3 is 0 Å². The Balaban J connectivity index is 1.54. The second kappa shape index (κ2) is 10.8. The fourth-order valence-electron chi connectivity index (χ4n) is 3.46. The van der Waals surface area contributed by atoms with Gasteiger partial charge in [-0.1, -0.05) is 19.8 Å². The Morgan fingerprint density at radius 3 is 2.59 bits per heavy atom. The highest BCUT2D eigenvalue weighted by atomic mass is 16.5. The summed E-state index contributed by atoms with van der Waals surface area (Å²) < 4.78 is 5.70. The molecule has 1 amide bonds. The number of hydrogen-bond donors (Lipinski definition) is 1. The van der Waals surface area contributed by atoms with Crippen LogP contribution in [0.15, 0.2) is 30.3 Å². The van der Waals surface area contributed by atoms with E-state index in [2.05, 4.69) is 27.1 Å². The van der Waals surface area contributed by atoms with Crippen LogP contribution in [0.2, 0.25) is 0 Å². The van der Waals surface area contributed by atoms with Crippen LogP contribution in [-0.4, -0.2) is 35.6 Å². The summed E-state index contributed by atoms with van der Waals surface area (Å²) in [7, 11) is 0. The van der Waals surface area contributed by atoms with Crippen molar-refractivity contribution in [3.63, 3.8) is 0 Å². The van der Waals surface area contributed by atoms with Crippen molar-refractivity contribution in [2.45, 2.75) is 58.9 Å². The molecule has 3 rings (SSSR count). The summed E-state index contributed by atoms with van der Waals surface area (Å²) in [5, 5.41) is 2.96. The number of nitrogens with one attached hydrogen (secondary N) is 1. The number of aryl methyl sites for hydroxylation is 1. The lowest BCUT2D eigenvalue weighted by molar-refractivity contribution is 0.0950. The van der Waals surface area contributed by atoms with E-state index in [4.69, 9.17) is 4.74 Å². The maximum Gasteiger partial charge on any atom is 0.251 e. The molecule has 0 unspecified atom stereocenters. The van der Waals surface area contributed by atoms with Gasteiger partial charge in [0.05, 0.1) is 18.8 Å². The van der Waals surface area contributed by atoms with Gasteiger partial charge in [0.25, 0.3) is 5.91 Å². The van der Waals surface area contributed by atoms with Crippen LogP contribution in [0.5, 0.6) is 5.75 Å². The van der Waals surface area contributed by atoms with Crippen LogP contribution < -0.4 is 15.0 Å². The molecule has 1 aromatic heterocycles. The van der Waals surface area contributed by atoms with Gasteiger partial charge in [0.1, 0.15) is 5.75 Å². The van der Waals surface area contributed by atoms with Gasteiger partial charge in [-0.25, -0.2) is 9.97 Å². The minimum Gasteiger partial charge on any atom is -0.494 e. The van der Waals surface area contributed by atoms with E-state index >= 15 is 0 Å². The molecule has 1 N–H and O–H groups in total. The number of nitrogens with zero attached hydrogens (tertiary/aromatic N) is 3. The molecule has 2 aromatic rings. The molecule has 29 heavy (non-hydrogen) atoms. The summed E-state index contributed by atoms with van der Waals surface area (Å²) in [4.78, 5) is 24.0. The predicted octanol–water partition coefficient (Wildman–Crippen LogP) is 4.27. The zero-order valence-electron chi connectivity index (χ0n) is 17.6. The van der Waals surface area contributed by atoms with Crippen LogP contribution in [0.4, 0.5) is 5.95 Å². The van der Waals surface area contributed by atoms with E-state index in [9.17, 15) is 4.79 Å². The molecular formula is C23H32N4O2. The molecule has 0 atom stereocenters. The van der Waals surface area contributed by atoms with Crippen molar-refractivity contribution in [1.29, 1.82) is 0 Å². The van der Waals surface area contributed by atoms with E-state index in [0.29, 0.717) is 18.7 Å². The van der Waals surface area contributed by atoms with Gasteiger partial charge in [0, 0.05) is 24.3 Å². The highest BCUT2D eigenvalue weighted by Crippen LogP contribution is 2.17. The normalized spacial score (nSPS) is 13.9. The standard InChI is InChI=1S/C23H32N4O2/c1-3-4-8-15-29-21-11-9-19(10-12-21)22(28)24-17-20-16-18(2)25-23(26-20)27-13-6-5-7-14-27/h9-12,16H,3-8,13-15,17H2,1-2H3,(H,24,28). The lowest BCUT2D eigenvalue weighted by atomic mass is 10.1. The lowest BCUT2D eigenvalue weighted by Crippen LogP contribution is -2.31. The van der Waals surface area contributed by atoms with Crippen molar-refractivity contribution in [2.24, 2.45) is 0 Å². The second-order valence-electron chi connectivity index (χ2n) is 7.61. The average Bonchev–Trinajstić information content (AvgIpc) is 2.76. The zero-order chi connectivity index (χ0) is 20.5. The molecule has 0 bridgehead atoms. The molecule has 6 nitrogen and oxygen atoms in total. The Kier molecular flexibility index (Phi) is 7.85. The maximum absolute atomic E-state index is 12.5. The molecule has 1 aromatic carbocycles. The van der Waals surface area contributed by atoms with Crippen LogP contribution in [0.1, 0.15) is 67.2 Å². The van der Waals surface area contributed by atoms with Crippen molar-refractivity contribution in [3.8, 4) is 5.75 Å². The molecule has 156 valence electrons.